The standard InChI is InChI=1S/C8H11ClN2.ClH/c1-5-3-7(6(2)10)4-11-8(5)9;/h3-4,6H,10H2,1-2H3;1H/t6-;/m0./s1. The highest BCUT2D eigenvalue weighted by Crippen LogP contribution is 2.15. The topological polar surface area (TPSA) is 38.9 Å². The van der Waals surface area contributed by atoms with Gasteiger partial charge >= 0.3 is 0 Å². The van der Waals surface area contributed by atoms with E-state index in [2.05, 4.69) is 4.98 Å². The molecule has 0 spiro atoms. The molecule has 0 fully saturated rings. The summed E-state index contributed by atoms with van der Waals surface area (Å²) in [5, 5.41) is 0.550. The van der Waals surface area contributed by atoms with Crippen molar-refractivity contribution in [2.24, 2.45) is 5.73 Å². The van der Waals surface area contributed by atoms with Crippen molar-refractivity contribution in [1.82, 2.24) is 4.98 Å². The van der Waals surface area contributed by atoms with Gasteiger partial charge in [0.25, 0.3) is 0 Å². The predicted octanol–water partition coefficient (Wildman–Crippen LogP) is 2.48. The minimum Gasteiger partial charge on any atom is -0.324 e. The summed E-state index contributed by atoms with van der Waals surface area (Å²) in [4.78, 5) is 3.99. The number of pyridine rings is 1. The molecule has 0 saturated carbocycles. The van der Waals surface area contributed by atoms with Gasteiger partial charge in [-0.3, -0.25) is 0 Å². The molecule has 0 aliphatic rings. The molecule has 1 aromatic rings. The van der Waals surface area contributed by atoms with Crippen LogP contribution in [-0.4, -0.2) is 4.98 Å². The van der Waals surface area contributed by atoms with E-state index in [1.165, 1.54) is 0 Å². The molecule has 0 amide bonds. The molecule has 0 unspecified atom stereocenters. The first-order chi connectivity index (χ1) is 5.11. The van der Waals surface area contributed by atoms with Crippen LogP contribution < -0.4 is 5.73 Å². The summed E-state index contributed by atoms with van der Waals surface area (Å²) in [7, 11) is 0. The molecule has 0 aliphatic carbocycles. The van der Waals surface area contributed by atoms with E-state index in [-0.39, 0.29) is 18.4 Å². The summed E-state index contributed by atoms with van der Waals surface area (Å²) in [6, 6.07) is 1.98. The number of halogens is 2. The Morgan fingerprint density at radius 3 is 2.58 bits per heavy atom. The molecule has 1 heterocycles. The molecule has 2 nitrogen and oxygen atoms in total. The third kappa shape index (κ3) is 2.63. The molecule has 68 valence electrons. The second-order valence-corrected chi connectivity index (χ2v) is 3.02. The Kier molecular flexibility index (Phi) is 4.53. The Bertz CT molecular complexity index is 261. The van der Waals surface area contributed by atoms with Crippen LogP contribution >= 0.6 is 24.0 Å². The van der Waals surface area contributed by atoms with Gasteiger partial charge in [-0.25, -0.2) is 4.98 Å². The number of aromatic nitrogens is 1. The number of nitrogens with zero attached hydrogens (tertiary/aromatic N) is 1. The molecule has 4 heteroatoms. The Morgan fingerprint density at radius 2 is 2.17 bits per heavy atom. The zero-order valence-electron chi connectivity index (χ0n) is 7.04. The zero-order valence-corrected chi connectivity index (χ0v) is 8.62. The second kappa shape index (κ2) is 4.65. The van der Waals surface area contributed by atoms with Crippen LogP contribution in [0.2, 0.25) is 5.15 Å². The van der Waals surface area contributed by atoms with Gasteiger partial charge in [0.05, 0.1) is 0 Å². The Labute approximate surface area is 83.5 Å². The van der Waals surface area contributed by atoms with Crippen molar-refractivity contribution < 1.29 is 0 Å². The first-order valence-corrected chi connectivity index (χ1v) is 3.86. The average Bonchev–Trinajstić information content (AvgIpc) is 1.94. The number of nitrogens with two attached hydrogens (primary N) is 1. The van der Waals surface area contributed by atoms with Crippen LogP contribution in [0.5, 0.6) is 0 Å². The highest BCUT2D eigenvalue weighted by molar-refractivity contribution is 6.30. The maximum atomic E-state index is 5.73. The monoisotopic (exact) mass is 206 g/mol. The molecule has 0 aromatic carbocycles. The fraction of sp³-hybridized carbons (Fsp3) is 0.375. The van der Waals surface area contributed by atoms with Gasteiger partial charge in [0.1, 0.15) is 5.15 Å². The van der Waals surface area contributed by atoms with E-state index in [1.807, 2.05) is 19.9 Å². The zero-order chi connectivity index (χ0) is 8.43. The Balaban J connectivity index is 0.00000121. The van der Waals surface area contributed by atoms with E-state index >= 15 is 0 Å². The first kappa shape index (κ1) is 11.7. The van der Waals surface area contributed by atoms with Gasteiger partial charge in [-0.2, -0.15) is 0 Å². The van der Waals surface area contributed by atoms with Crippen molar-refractivity contribution in [2.45, 2.75) is 19.9 Å². The van der Waals surface area contributed by atoms with Crippen LogP contribution in [0.4, 0.5) is 0 Å². The minimum absolute atomic E-state index is 0. The molecule has 1 atom stereocenters. The molecule has 1 rings (SSSR count). The average molecular weight is 207 g/mol. The lowest BCUT2D eigenvalue weighted by atomic mass is 10.1. The minimum atomic E-state index is 0. The van der Waals surface area contributed by atoms with Gasteiger partial charge in [0, 0.05) is 12.2 Å². The summed E-state index contributed by atoms with van der Waals surface area (Å²) in [5.41, 5.74) is 7.64. The summed E-state index contributed by atoms with van der Waals surface area (Å²) in [6.07, 6.45) is 1.71. The lowest BCUT2D eigenvalue weighted by Gasteiger charge is -2.05. The SMILES string of the molecule is Cc1cc([C@H](C)N)cnc1Cl.Cl. The van der Waals surface area contributed by atoms with Gasteiger partial charge in [-0.15, -0.1) is 12.4 Å². The molecule has 0 radical (unpaired) electrons. The maximum absolute atomic E-state index is 5.73. The van der Waals surface area contributed by atoms with Crippen LogP contribution in [-0.2, 0) is 0 Å². The predicted molar refractivity (Wildman–Crippen MR) is 53.8 cm³/mol. The van der Waals surface area contributed by atoms with Crippen molar-refractivity contribution in [3.05, 3.63) is 28.5 Å². The number of rotatable bonds is 1. The summed E-state index contributed by atoms with van der Waals surface area (Å²) < 4.78 is 0. The van der Waals surface area contributed by atoms with Crippen LogP contribution in [0, 0.1) is 6.92 Å². The Hall–Kier alpha value is -0.310. The van der Waals surface area contributed by atoms with E-state index in [0.717, 1.165) is 11.1 Å². The molecule has 0 aliphatic heterocycles. The van der Waals surface area contributed by atoms with E-state index in [4.69, 9.17) is 17.3 Å². The number of aryl methyl sites for hydroxylation is 1. The maximum Gasteiger partial charge on any atom is 0.131 e. The van der Waals surface area contributed by atoms with Gasteiger partial charge in [0.2, 0.25) is 0 Å². The fourth-order valence-electron chi connectivity index (χ4n) is 0.829. The van der Waals surface area contributed by atoms with Crippen LogP contribution in [0.3, 0.4) is 0 Å². The van der Waals surface area contributed by atoms with Crippen LogP contribution in [0.1, 0.15) is 24.1 Å². The fourth-order valence-corrected chi connectivity index (χ4v) is 0.932. The Morgan fingerprint density at radius 1 is 1.58 bits per heavy atom. The van der Waals surface area contributed by atoms with Gasteiger partial charge < -0.3 is 5.73 Å². The summed E-state index contributed by atoms with van der Waals surface area (Å²) in [6.45, 7) is 3.84. The molecular weight excluding hydrogens is 195 g/mol. The largest absolute Gasteiger partial charge is 0.324 e. The third-order valence-corrected chi connectivity index (χ3v) is 1.96. The van der Waals surface area contributed by atoms with E-state index in [1.54, 1.807) is 6.20 Å². The quantitative estimate of drug-likeness (QED) is 0.718. The molecule has 12 heavy (non-hydrogen) atoms. The van der Waals surface area contributed by atoms with E-state index in [9.17, 15) is 0 Å². The highest BCUT2D eigenvalue weighted by Gasteiger charge is 2.01. The number of hydrogen-bond donors (Lipinski definition) is 1. The lowest BCUT2D eigenvalue weighted by molar-refractivity contribution is 0.810. The van der Waals surface area contributed by atoms with Crippen molar-refractivity contribution >= 4 is 24.0 Å². The second-order valence-electron chi connectivity index (χ2n) is 2.67. The molecule has 0 saturated heterocycles. The summed E-state index contributed by atoms with van der Waals surface area (Å²) in [5.74, 6) is 0. The van der Waals surface area contributed by atoms with Crippen molar-refractivity contribution in [2.75, 3.05) is 0 Å². The molecule has 1 aromatic heterocycles. The van der Waals surface area contributed by atoms with Crippen LogP contribution in [0.15, 0.2) is 12.3 Å². The van der Waals surface area contributed by atoms with Gasteiger partial charge in [-0.1, -0.05) is 11.6 Å². The molecule has 0 bridgehead atoms. The number of hydrogen-bond acceptors (Lipinski definition) is 2. The van der Waals surface area contributed by atoms with Crippen LogP contribution in [0.25, 0.3) is 0 Å². The smallest absolute Gasteiger partial charge is 0.131 e. The van der Waals surface area contributed by atoms with Crippen molar-refractivity contribution in [3.8, 4) is 0 Å². The van der Waals surface area contributed by atoms with Crippen molar-refractivity contribution in [1.29, 1.82) is 0 Å². The van der Waals surface area contributed by atoms with Gasteiger partial charge in [-0.05, 0) is 31.0 Å². The molecular formula is C8H12Cl2N2. The normalized spacial score (nSPS) is 12.0. The molecule has 2 N–H and O–H groups in total. The highest BCUT2D eigenvalue weighted by atomic mass is 35.5. The third-order valence-electron chi connectivity index (χ3n) is 1.56. The van der Waals surface area contributed by atoms with E-state index < -0.39 is 0 Å². The van der Waals surface area contributed by atoms with Crippen molar-refractivity contribution in [3.63, 3.8) is 0 Å². The van der Waals surface area contributed by atoms with Gasteiger partial charge in [0.15, 0.2) is 0 Å². The lowest BCUT2D eigenvalue weighted by Crippen LogP contribution is -2.05. The first-order valence-electron chi connectivity index (χ1n) is 3.49. The summed E-state index contributed by atoms with van der Waals surface area (Å²) >= 11 is 5.73. The van der Waals surface area contributed by atoms with E-state index in [0.29, 0.717) is 5.15 Å².